The van der Waals surface area contributed by atoms with Crippen molar-refractivity contribution in [2.24, 2.45) is 0 Å². The van der Waals surface area contributed by atoms with Crippen LogP contribution in [0.15, 0.2) is 0 Å². The van der Waals surface area contributed by atoms with Crippen molar-refractivity contribution in [3.8, 4) is 6.07 Å². The molecule has 2 atom stereocenters. The van der Waals surface area contributed by atoms with Gasteiger partial charge in [-0.25, -0.2) is 0 Å². The predicted molar refractivity (Wildman–Crippen MR) is 44.4 cm³/mol. The van der Waals surface area contributed by atoms with Gasteiger partial charge in [0.25, 0.3) is 0 Å². The first-order valence-corrected chi connectivity index (χ1v) is 4.08. The molecule has 0 heterocycles. The summed E-state index contributed by atoms with van der Waals surface area (Å²) in [5.74, 6) is 0.228. The summed E-state index contributed by atoms with van der Waals surface area (Å²) >= 11 is 5.36. The molecule has 0 saturated heterocycles. The Morgan fingerprint density at radius 1 is 1.73 bits per heavy atom. The number of hydrogen-bond acceptors (Lipinski definition) is 3. The SMILES string of the molecule is CC(CC#N)NCC(O)CCl. The molecule has 0 aliphatic carbocycles. The van der Waals surface area contributed by atoms with Crippen LogP contribution >= 0.6 is 11.6 Å². The first-order chi connectivity index (χ1) is 5.20. The number of halogens is 1. The average Bonchev–Trinajstić information content (AvgIpc) is 2.01. The number of nitrogens with zero attached hydrogens (tertiary/aromatic N) is 1. The van der Waals surface area contributed by atoms with Crippen molar-refractivity contribution >= 4 is 11.6 Å². The quantitative estimate of drug-likeness (QED) is 0.600. The molecule has 0 fully saturated rings. The fourth-order valence-corrected chi connectivity index (χ4v) is 0.710. The number of rotatable bonds is 5. The van der Waals surface area contributed by atoms with Gasteiger partial charge in [0.05, 0.1) is 18.6 Å². The Kier molecular flexibility index (Phi) is 6.24. The van der Waals surface area contributed by atoms with Gasteiger partial charge in [0, 0.05) is 18.5 Å². The molecular formula is C7H13ClN2O. The summed E-state index contributed by atoms with van der Waals surface area (Å²) in [6, 6.07) is 2.16. The Labute approximate surface area is 72.0 Å². The maximum Gasteiger partial charge on any atom is 0.0799 e. The lowest BCUT2D eigenvalue weighted by Gasteiger charge is -2.12. The van der Waals surface area contributed by atoms with Gasteiger partial charge >= 0.3 is 0 Å². The Bertz CT molecular complexity index is 135. The molecule has 0 aliphatic heterocycles. The van der Waals surface area contributed by atoms with Crippen molar-refractivity contribution < 1.29 is 5.11 Å². The predicted octanol–water partition coefficient (Wildman–Crippen LogP) is 0.478. The van der Waals surface area contributed by atoms with Crippen molar-refractivity contribution in [2.45, 2.75) is 25.5 Å². The normalized spacial score (nSPS) is 15.5. The van der Waals surface area contributed by atoms with E-state index in [9.17, 15) is 0 Å². The van der Waals surface area contributed by atoms with Gasteiger partial charge < -0.3 is 10.4 Å². The van der Waals surface area contributed by atoms with Gasteiger partial charge in [-0.1, -0.05) is 0 Å². The molecule has 11 heavy (non-hydrogen) atoms. The second kappa shape index (κ2) is 6.41. The molecule has 0 amide bonds. The summed E-state index contributed by atoms with van der Waals surface area (Å²) in [4.78, 5) is 0. The van der Waals surface area contributed by atoms with E-state index in [0.29, 0.717) is 13.0 Å². The summed E-state index contributed by atoms with van der Waals surface area (Å²) in [6.45, 7) is 2.34. The van der Waals surface area contributed by atoms with Crippen molar-refractivity contribution in [3.05, 3.63) is 0 Å². The number of nitriles is 1. The second-order valence-corrected chi connectivity index (χ2v) is 2.79. The molecule has 0 spiro atoms. The molecule has 0 bridgehead atoms. The molecule has 0 aromatic heterocycles. The highest BCUT2D eigenvalue weighted by Crippen LogP contribution is 1.90. The zero-order valence-electron chi connectivity index (χ0n) is 6.55. The van der Waals surface area contributed by atoms with Gasteiger partial charge in [-0.15, -0.1) is 11.6 Å². The van der Waals surface area contributed by atoms with Gasteiger partial charge in [-0.05, 0) is 6.92 Å². The zero-order chi connectivity index (χ0) is 8.69. The summed E-state index contributed by atoms with van der Waals surface area (Å²) in [5.41, 5.74) is 0. The third kappa shape index (κ3) is 6.11. The highest BCUT2D eigenvalue weighted by Gasteiger charge is 2.04. The molecule has 0 radical (unpaired) electrons. The molecule has 0 rings (SSSR count). The largest absolute Gasteiger partial charge is 0.391 e. The summed E-state index contributed by atoms with van der Waals surface area (Å²) in [6.07, 6.45) is -0.0625. The van der Waals surface area contributed by atoms with Gasteiger partial charge in [-0.3, -0.25) is 0 Å². The molecule has 0 saturated carbocycles. The molecule has 3 nitrogen and oxygen atoms in total. The fraction of sp³-hybridized carbons (Fsp3) is 0.857. The molecule has 2 N–H and O–H groups in total. The molecule has 64 valence electrons. The van der Waals surface area contributed by atoms with Gasteiger partial charge in [0.2, 0.25) is 0 Å². The van der Waals surface area contributed by atoms with Crippen LogP contribution in [0.5, 0.6) is 0 Å². The summed E-state index contributed by atoms with van der Waals surface area (Å²) in [5, 5.41) is 20.3. The van der Waals surface area contributed by atoms with E-state index >= 15 is 0 Å². The van der Waals surface area contributed by atoms with Crippen LogP contribution in [0.1, 0.15) is 13.3 Å². The van der Waals surface area contributed by atoms with E-state index in [0.717, 1.165) is 0 Å². The Balaban J connectivity index is 3.31. The topological polar surface area (TPSA) is 56.0 Å². The van der Waals surface area contributed by atoms with Crippen molar-refractivity contribution in [2.75, 3.05) is 12.4 Å². The van der Waals surface area contributed by atoms with Crippen LogP contribution < -0.4 is 5.32 Å². The number of aliphatic hydroxyl groups is 1. The maximum absolute atomic E-state index is 9.00. The monoisotopic (exact) mass is 176 g/mol. The number of aliphatic hydroxyl groups excluding tert-OH is 1. The first kappa shape index (κ1) is 10.7. The lowest BCUT2D eigenvalue weighted by Crippen LogP contribution is -2.34. The van der Waals surface area contributed by atoms with E-state index in [2.05, 4.69) is 5.32 Å². The lowest BCUT2D eigenvalue weighted by molar-refractivity contribution is 0.190. The Morgan fingerprint density at radius 3 is 2.82 bits per heavy atom. The fourth-order valence-electron chi connectivity index (χ4n) is 0.601. The van der Waals surface area contributed by atoms with Gasteiger partial charge in [-0.2, -0.15) is 5.26 Å². The van der Waals surface area contributed by atoms with Crippen LogP contribution in [-0.4, -0.2) is 29.7 Å². The minimum atomic E-state index is -0.516. The van der Waals surface area contributed by atoms with E-state index in [1.54, 1.807) is 0 Å². The van der Waals surface area contributed by atoms with Crippen molar-refractivity contribution in [1.82, 2.24) is 5.32 Å². The van der Waals surface area contributed by atoms with Gasteiger partial charge in [0.1, 0.15) is 0 Å². The summed E-state index contributed by atoms with van der Waals surface area (Å²) in [7, 11) is 0. The van der Waals surface area contributed by atoms with Crippen LogP contribution in [0.3, 0.4) is 0 Å². The number of nitrogens with one attached hydrogen (secondary N) is 1. The zero-order valence-corrected chi connectivity index (χ0v) is 7.30. The Morgan fingerprint density at radius 2 is 2.36 bits per heavy atom. The minimum Gasteiger partial charge on any atom is -0.391 e. The molecule has 0 aromatic rings. The van der Waals surface area contributed by atoms with E-state index in [-0.39, 0.29) is 11.9 Å². The number of alkyl halides is 1. The van der Waals surface area contributed by atoms with Crippen molar-refractivity contribution in [1.29, 1.82) is 5.26 Å². The molecule has 2 unspecified atom stereocenters. The smallest absolute Gasteiger partial charge is 0.0799 e. The van der Waals surface area contributed by atoms with Gasteiger partial charge in [0.15, 0.2) is 0 Å². The third-order valence-electron chi connectivity index (χ3n) is 1.28. The van der Waals surface area contributed by atoms with E-state index in [1.165, 1.54) is 0 Å². The molecule has 4 heteroatoms. The standard InChI is InChI=1S/C7H13ClN2O/c1-6(2-3-9)10-5-7(11)4-8/h6-7,10-11H,2,4-5H2,1H3. The maximum atomic E-state index is 9.00. The highest BCUT2D eigenvalue weighted by molar-refractivity contribution is 6.18. The average molecular weight is 177 g/mol. The number of hydrogen-bond donors (Lipinski definition) is 2. The molecule has 0 aliphatic rings. The van der Waals surface area contributed by atoms with Crippen LogP contribution in [0.25, 0.3) is 0 Å². The van der Waals surface area contributed by atoms with Crippen LogP contribution in [-0.2, 0) is 0 Å². The van der Waals surface area contributed by atoms with Crippen LogP contribution in [0, 0.1) is 11.3 Å². The molecular weight excluding hydrogens is 164 g/mol. The lowest BCUT2D eigenvalue weighted by atomic mass is 10.2. The van der Waals surface area contributed by atoms with Crippen LogP contribution in [0.2, 0.25) is 0 Å². The highest BCUT2D eigenvalue weighted by atomic mass is 35.5. The van der Waals surface area contributed by atoms with E-state index in [1.807, 2.05) is 13.0 Å². The first-order valence-electron chi connectivity index (χ1n) is 3.55. The molecule has 0 aromatic carbocycles. The minimum absolute atomic E-state index is 0.123. The van der Waals surface area contributed by atoms with Crippen LogP contribution in [0.4, 0.5) is 0 Å². The summed E-state index contributed by atoms with van der Waals surface area (Å²) < 4.78 is 0. The second-order valence-electron chi connectivity index (χ2n) is 2.48. The Hall–Kier alpha value is -0.300. The van der Waals surface area contributed by atoms with E-state index in [4.69, 9.17) is 22.0 Å². The third-order valence-corrected chi connectivity index (χ3v) is 1.63. The van der Waals surface area contributed by atoms with E-state index < -0.39 is 6.10 Å². The van der Waals surface area contributed by atoms with Crippen molar-refractivity contribution in [3.63, 3.8) is 0 Å².